The van der Waals surface area contributed by atoms with Crippen LogP contribution < -0.4 is 4.90 Å². The van der Waals surface area contributed by atoms with Gasteiger partial charge in [0.25, 0.3) is 0 Å². The van der Waals surface area contributed by atoms with Crippen molar-refractivity contribution in [3.8, 4) is 33.4 Å². The van der Waals surface area contributed by atoms with E-state index in [-0.39, 0.29) is 0 Å². The molecule has 0 saturated heterocycles. The monoisotopic (exact) mass is 719 g/mol. The van der Waals surface area contributed by atoms with Gasteiger partial charge >= 0.3 is 0 Å². The van der Waals surface area contributed by atoms with Crippen LogP contribution in [0.1, 0.15) is 0 Å². The van der Waals surface area contributed by atoms with Crippen molar-refractivity contribution in [1.29, 1.82) is 0 Å². The van der Waals surface area contributed by atoms with Crippen molar-refractivity contribution in [3.63, 3.8) is 0 Å². The number of nitrogens with zero attached hydrogens (tertiary/aromatic N) is 1. The van der Waals surface area contributed by atoms with E-state index in [1.807, 2.05) is 17.4 Å². The number of furan rings is 1. The molecule has 0 aliphatic rings. The van der Waals surface area contributed by atoms with Crippen LogP contribution in [0.15, 0.2) is 205 Å². The average molecular weight is 720 g/mol. The van der Waals surface area contributed by atoms with Crippen LogP contribution in [0.3, 0.4) is 0 Å². The fraction of sp³-hybridized carbons (Fsp3) is 0. The molecule has 0 fully saturated rings. The Bertz CT molecular complexity index is 3220. The Hall–Kier alpha value is -6.94. The topological polar surface area (TPSA) is 16.4 Å². The highest BCUT2D eigenvalue weighted by atomic mass is 32.1. The maximum Gasteiger partial charge on any atom is 0.137 e. The second-order valence-corrected chi connectivity index (χ2v) is 15.1. The van der Waals surface area contributed by atoms with Gasteiger partial charge in [0, 0.05) is 36.8 Å². The Balaban J connectivity index is 1.07. The standard InChI is InChI=1S/C52H33NOS/c1-2-16-40-35(12-1)13-10-20-41(40)37-15-9-14-36(32-37)34-26-29-39(30-27-34)53(47-22-11-24-49-52(47)45-19-4-7-23-48(45)54-49)46-21-6-3-17-42(46)38-28-31-44-43-18-5-8-25-50(43)55-51(44)33-38/h1-33H. The van der Waals surface area contributed by atoms with Crippen molar-refractivity contribution < 1.29 is 4.42 Å². The van der Waals surface area contributed by atoms with E-state index in [9.17, 15) is 0 Å². The zero-order valence-electron chi connectivity index (χ0n) is 29.8. The molecule has 0 unspecified atom stereocenters. The highest BCUT2D eigenvalue weighted by Crippen LogP contribution is 2.47. The van der Waals surface area contributed by atoms with E-state index in [1.54, 1.807) is 0 Å². The number of thiophene rings is 1. The van der Waals surface area contributed by atoms with Crippen LogP contribution in [0.5, 0.6) is 0 Å². The lowest BCUT2D eigenvalue weighted by atomic mass is 9.95. The third kappa shape index (κ3) is 5.32. The lowest BCUT2D eigenvalue weighted by molar-refractivity contribution is 0.669. The Morgan fingerprint density at radius 3 is 1.91 bits per heavy atom. The van der Waals surface area contributed by atoms with Crippen molar-refractivity contribution >= 4 is 81.3 Å². The summed E-state index contributed by atoms with van der Waals surface area (Å²) < 4.78 is 9.03. The Kier molecular flexibility index (Phi) is 7.39. The fourth-order valence-electron chi connectivity index (χ4n) is 8.30. The number of anilines is 3. The molecule has 0 N–H and O–H groups in total. The zero-order valence-corrected chi connectivity index (χ0v) is 30.6. The Morgan fingerprint density at radius 1 is 0.364 bits per heavy atom. The number of benzene rings is 9. The molecule has 11 rings (SSSR count). The number of hydrogen-bond acceptors (Lipinski definition) is 3. The van der Waals surface area contributed by atoms with E-state index in [0.29, 0.717) is 0 Å². The third-order valence-corrected chi connectivity index (χ3v) is 12.0. The molecule has 0 spiro atoms. The fourth-order valence-corrected chi connectivity index (χ4v) is 9.45. The summed E-state index contributed by atoms with van der Waals surface area (Å²) in [5, 5.41) is 7.32. The van der Waals surface area contributed by atoms with E-state index in [4.69, 9.17) is 4.42 Å². The van der Waals surface area contributed by atoms with Crippen LogP contribution >= 0.6 is 11.3 Å². The first-order valence-electron chi connectivity index (χ1n) is 18.7. The molecule has 9 aromatic carbocycles. The van der Waals surface area contributed by atoms with E-state index in [1.165, 1.54) is 64.3 Å². The summed E-state index contributed by atoms with van der Waals surface area (Å²) in [5.41, 5.74) is 12.2. The molecule has 258 valence electrons. The van der Waals surface area contributed by atoms with Gasteiger partial charge in [-0.3, -0.25) is 0 Å². The maximum absolute atomic E-state index is 6.43. The van der Waals surface area contributed by atoms with Gasteiger partial charge in [-0.2, -0.15) is 0 Å². The van der Waals surface area contributed by atoms with Crippen molar-refractivity contribution in [1.82, 2.24) is 0 Å². The molecule has 0 saturated carbocycles. The minimum Gasteiger partial charge on any atom is -0.456 e. The van der Waals surface area contributed by atoms with Crippen molar-refractivity contribution in [2.45, 2.75) is 0 Å². The molecular formula is C52H33NOS. The summed E-state index contributed by atoms with van der Waals surface area (Å²) in [6.45, 7) is 0. The number of para-hydroxylation sites is 2. The summed E-state index contributed by atoms with van der Waals surface area (Å²) in [6.07, 6.45) is 0. The van der Waals surface area contributed by atoms with Gasteiger partial charge in [0.1, 0.15) is 11.2 Å². The van der Waals surface area contributed by atoms with Gasteiger partial charge in [-0.15, -0.1) is 11.3 Å². The van der Waals surface area contributed by atoms with Gasteiger partial charge in [0.2, 0.25) is 0 Å². The molecule has 2 nitrogen and oxygen atoms in total. The molecule has 0 atom stereocenters. The van der Waals surface area contributed by atoms with Crippen LogP contribution in [0, 0.1) is 0 Å². The van der Waals surface area contributed by atoms with Gasteiger partial charge in [-0.25, -0.2) is 0 Å². The lowest BCUT2D eigenvalue weighted by Gasteiger charge is -2.28. The maximum atomic E-state index is 6.43. The van der Waals surface area contributed by atoms with Crippen molar-refractivity contribution in [3.05, 3.63) is 200 Å². The highest BCUT2D eigenvalue weighted by Gasteiger charge is 2.22. The molecule has 2 aromatic heterocycles. The second-order valence-electron chi connectivity index (χ2n) is 14.1. The first-order valence-corrected chi connectivity index (χ1v) is 19.5. The summed E-state index contributed by atoms with van der Waals surface area (Å²) in [6, 6.07) is 72.2. The third-order valence-electron chi connectivity index (χ3n) is 10.9. The van der Waals surface area contributed by atoms with Gasteiger partial charge in [-0.1, -0.05) is 146 Å². The Morgan fingerprint density at radius 2 is 0.982 bits per heavy atom. The lowest BCUT2D eigenvalue weighted by Crippen LogP contribution is -2.11. The van der Waals surface area contributed by atoms with Crippen LogP contribution in [0.25, 0.3) is 86.3 Å². The Labute approximate surface area is 322 Å². The summed E-state index contributed by atoms with van der Waals surface area (Å²) >= 11 is 1.86. The molecule has 0 aliphatic carbocycles. The average Bonchev–Trinajstić information content (AvgIpc) is 3.83. The SMILES string of the molecule is c1cc(-c2ccc(N(c3ccccc3-c3ccc4c(c3)sc3ccccc34)c3cccc4oc5ccccc5c34)cc2)cc(-c2cccc3ccccc23)c1. The molecule has 0 amide bonds. The molecule has 3 heteroatoms. The molecule has 0 bridgehead atoms. The predicted octanol–water partition coefficient (Wildman–Crippen LogP) is 15.6. The van der Waals surface area contributed by atoms with Crippen LogP contribution in [-0.4, -0.2) is 0 Å². The second kappa shape index (κ2) is 12.9. The zero-order chi connectivity index (χ0) is 36.3. The van der Waals surface area contributed by atoms with E-state index >= 15 is 0 Å². The van der Waals surface area contributed by atoms with Gasteiger partial charge < -0.3 is 9.32 Å². The summed E-state index contributed by atoms with van der Waals surface area (Å²) in [7, 11) is 0. The minimum absolute atomic E-state index is 0.870. The van der Waals surface area contributed by atoms with Crippen molar-refractivity contribution in [2.24, 2.45) is 0 Å². The molecular weight excluding hydrogens is 687 g/mol. The first-order chi connectivity index (χ1) is 27.3. The molecule has 55 heavy (non-hydrogen) atoms. The molecule has 0 aliphatic heterocycles. The summed E-state index contributed by atoms with van der Waals surface area (Å²) in [4.78, 5) is 2.41. The van der Waals surface area contributed by atoms with E-state index in [0.717, 1.165) is 39.0 Å². The van der Waals surface area contributed by atoms with Crippen LogP contribution in [-0.2, 0) is 0 Å². The summed E-state index contributed by atoms with van der Waals surface area (Å²) in [5.74, 6) is 0. The largest absolute Gasteiger partial charge is 0.456 e. The predicted molar refractivity (Wildman–Crippen MR) is 235 cm³/mol. The van der Waals surface area contributed by atoms with Crippen molar-refractivity contribution in [2.75, 3.05) is 4.90 Å². The smallest absolute Gasteiger partial charge is 0.137 e. The van der Waals surface area contributed by atoms with E-state index < -0.39 is 0 Å². The van der Waals surface area contributed by atoms with Crippen LogP contribution in [0.4, 0.5) is 17.1 Å². The van der Waals surface area contributed by atoms with Crippen LogP contribution in [0.2, 0.25) is 0 Å². The number of rotatable bonds is 6. The number of fused-ring (bicyclic) bond motifs is 7. The normalized spacial score (nSPS) is 11.6. The highest BCUT2D eigenvalue weighted by molar-refractivity contribution is 7.25. The van der Waals surface area contributed by atoms with Gasteiger partial charge in [0.05, 0.1) is 16.8 Å². The van der Waals surface area contributed by atoms with Gasteiger partial charge in [0.15, 0.2) is 0 Å². The molecule has 0 radical (unpaired) electrons. The first kappa shape index (κ1) is 31.6. The van der Waals surface area contributed by atoms with E-state index in [2.05, 4.69) is 199 Å². The molecule has 2 heterocycles. The minimum atomic E-state index is 0.870. The number of hydrogen-bond donors (Lipinski definition) is 0. The van der Waals surface area contributed by atoms with Gasteiger partial charge in [-0.05, 0) is 93.2 Å². The molecule has 11 aromatic rings. The quantitative estimate of drug-likeness (QED) is 0.170.